The molecule has 1 aliphatic rings. The summed E-state index contributed by atoms with van der Waals surface area (Å²) in [7, 11) is 0.127. The third-order valence-electron chi connectivity index (χ3n) is 1.63. The highest BCUT2D eigenvalue weighted by atomic mass is 32.7. The maximum Gasteiger partial charge on any atom is 0.0484 e. The van der Waals surface area contributed by atoms with E-state index in [9.17, 15) is 0 Å². The maximum absolute atomic E-state index is 3.42. The molecule has 2 rings (SSSR count). The molecule has 11 heavy (non-hydrogen) atoms. The van der Waals surface area contributed by atoms with E-state index in [4.69, 9.17) is 0 Å². The van der Waals surface area contributed by atoms with Gasteiger partial charge in [0.05, 0.1) is 0 Å². The summed E-state index contributed by atoms with van der Waals surface area (Å²) in [6.45, 7) is 2.31. The van der Waals surface area contributed by atoms with E-state index in [1.54, 1.807) is 0 Å². The molecule has 1 atom stereocenters. The van der Waals surface area contributed by atoms with Gasteiger partial charge in [0.15, 0.2) is 0 Å². The molecule has 0 aromatic heterocycles. The van der Waals surface area contributed by atoms with Gasteiger partial charge in [-0.2, -0.15) is 0 Å². The summed E-state index contributed by atoms with van der Waals surface area (Å²) in [5.74, 6) is 0. The van der Waals surface area contributed by atoms with Crippen LogP contribution < -0.4 is 5.32 Å². The Morgan fingerprint density at radius 1 is 1.45 bits per heavy atom. The predicted molar refractivity (Wildman–Crippen MR) is 53.6 cm³/mol. The van der Waals surface area contributed by atoms with Crippen LogP contribution >= 0.6 is 18.5 Å². The van der Waals surface area contributed by atoms with E-state index in [0.717, 1.165) is 6.29 Å². The van der Waals surface area contributed by atoms with E-state index in [-0.39, 0.29) is 7.12 Å². The monoisotopic (exact) mass is 183 g/mol. The van der Waals surface area contributed by atoms with Gasteiger partial charge < -0.3 is 5.32 Å². The van der Waals surface area contributed by atoms with Crippen LogP contribution in [-0.4, -0.2) is 13.0 Å². The highest BCUT2D eigenvalue weighted by Crippen LogP contribution is 2.55. The van der Waals surface area contributed by atoms with Crippen molar-refractivity contribution in [1.82, 2.24) is 0 Å². The lowest BCUT2D eigenvalue weighted by atomic mass is 10.3. The summed E-state index contributed by atoms with van der Waals surface area (Å²) in [5, 5.41) is 3.42. The number of hydrogen-bond donors (Lipinski definition) is 1. The topological polar surface area (TPSA) is 12.0 Å². The molecule has 0 bridgehead atoms. The minimum Gasteiger partial charge on any atom is -0.379 e. The Morgan fingerprint density at radius 3 is 3.18 bits per heavy atom. The van der Waals surface area contributed by atoms with Crippen molar-refractivity contribution in [2.24, 2.45) is 0 Å². The normalized spacial score (nSPS) is 22.1. The zero-order valence-electron chi connectivity index (χ0n) is 6.37. The second kappa shape index (κ2) is 3.04. The first-order chi connectivity index (χ1) is 5.36. The third-order valence-corrected chi connectivity index (χ3v) is 5.01. The van der Waals surface area contributed by atoms with Crippen LogP contribution in [0.2, 0.25) is 0 Å². The standard InChI is InChI=1S/C8H10NPS/c1-10-6-9-7-4-2-3-5-8(7)11-10/h2-5,9H,6H2,1H3. The first-order valence-electron chi connectivity index (χ1n) is 3.58. The average molecular weight is 183 g/mol. The Hall–Kier alpha value is -0.200. The summed E-state index contributed by atoms with van der Waals surface area (Å²) in [5.41, 5.74) is 1.30. The van der Waals surface area contributed by atoms with Gasteiger partial charge in [-0.25, -0.2) is 0 Å². The highest BCUT2D eigenvalue weighted by molar-refractivity contribution is 8.55. The van der Waals surface area contributed by atoms with Crippen LogP contribution in [0.25, 0.3) is 0 Å². The molecule has 0 saturated heterocycles. The first kappa shape index (κ1) is 7.45. The zero-order valence-corrected chi connectivity index (χ0v) is 8.08. The summed E-state index contributed by atoms with van der Waals surface area (Å²) >= 11 is 2.01. The van der Waals surface area contributed by atoms with Gasteiger partial charge in [0.2, 0.25) is 0 Å². The van der Waals surface area contributed by atoms with Crippen molar-refractivity contribution in [2.75, 3.05) is 18.3 Å². The second-order valence-electron chi connectivity index (χ2n) is 2.55. The second-order valence-corrected chi connectivity index (χ2v) is 7.16. The van der Waals surface area contributed by atoms with Gasteiger partial charge in [-0.3, -0.25) is 0 Å². The summed E-state index contributed by atoms with van der Waals surface area (Å²) < 4.78 is 0. The smallest absolute Gasteiger partial charge is 0.0484 e. The van der Waals surface area contributed by atoms with Gasteiger partial charge in [-0.15, -0.1) is 0 Å². The average Bonchev–Trinajstić information content (AvgIpc) is 2.04. The molecule has 1 heterocycles. The Bertz CT molecular complexity index is 264. The molecule has 0 fully saturated rings. The molecule has 1 N–H and O–H groups in total. The predicted octanol–water partition coefficient (Wildman–Crippen LogP) is 3.19. The van der Waals surface area contributed by atoms with Gasteiger partial charge in [0.1, 0.15) is 0 Å². The molecule has 0 amide bonds. The number of anilines is 1. The molecular formula is C8H10NPS. The number of nitrogens with one attached hydrogen (secondary N) is 1. The fraction of sp³-hybridized carbons (Fsp3) is 0.250. The highest BCUT2D eigenvalue weighted by Gasteiger charge is 2.12. The number of rotatable bonds is 0. The van der Waals surface area contributed by atoms with Crippen LogP contribution in [0.1, 0.15) is 0 Å². The minimum absolute atomic E-state index is 0.127. The van der Waals surface area contributed by atoms with Crippen molar-refractivity contribution >= 4 is 24.2 Å². The first-order valence-corrected chi connectivity index (χ1v) is 6.98. The van der Waals surface area contributed by atoms with E-state index >= 15 is 0 Å². The van der Waals surface area contributed by atoms with Crippen LogP contribution in [0.3, 0.4) is 0 Å². The quantitative estimate of drug-likeness (QED) is 0.620. The summed E-state index contributed by atoms with van der Waals surface area (Å²) in [6, 6.07) is 8.51. The molecule has 0 spiro atoms. The number of fused-ring (bicyclic) bond motifs is 1. The number of hydrogen-bond acceptors (Lipinski definition) is 2. The van der Waals surface area contributed by atoms with Gasteiger partial charge in [-0.1, -0.05) is 23.5 Å². The minimum atomic E-state index is 0.127. The number of benzene rings is 1. The van der Waals surface area contributed by atoms with Crippen LogP contribution in [0.5, 0.6) is 0 Å². The molecule has 3 heteroatoms. The lowest BCUT2D eigenvalue weighted by molar-refractivity contribution is 1.35. The lowest BCUT2D eigenvalue weighted by Gasteiger charge is -2.22. The van der Waals surface area contributed by atoms with Crippen molar-refractivity contribution in [3.63, 3.8) is 0 Å². The Labute approximate surface area is 72.1 Å². The number of para-hydroxylation sites is 1. The van der Waals surface area contributed by atoms with Crippen molar-refractivity contribution in [3.8, 4) is 0 Å². The molecule has 1 aromatic carbocycles. The Balaban J connectivity index is 2.34. The lowest BCUT2D eigenvalue weighted by Crippen LogP contribution is -2.03. The van der Waals surface area contributed by atoms with Gasteiger partial charge in [0, 0.05) is 16.9 Å². The molecule has 1 nitrogen and oxygen atoms in total. The van der Waals surface area contributed by atoms with Crippen LogP contribution in [0.4, 0.5) is 5.69 Å². The van der Waals surface area contributed by atoms with E-state index < -0.39 is 0 Å². The van der Waals surface area contributed by atoms with Gasteiger partial charge in [-0.05, 0) is 25.9 Å². The van der Waals surface area contributed by atoms with E-state index in [0.29, 0.717) is 0 Å². The van der Waals surface area contributed by atoms with Gasteiger partial charge in [0.25, 0.3) is 0 Å². The van der Waals surface area contributed by atoms with Gasteiger partial charge >= 0.3 is 0 Å². The van der Waals surface area contributed by atoms with Crippen molar-refractivity contribution in [3.05, 3.63) is 24.3 Å². The molecule has 1 aliphatic heterocycles. The Morgan fingerprint density at radius 2 is 2.27 bits per heavy atom. The fourth-order valence-electron chi connectivity index (χ4n) is 1.09. The Kier molecular flexibility index (Phi) is 2.06. The third kappa shape index (κ3) is 1.52. The molecule has 0 radical (unpaired) electrons. The SMILES string of the molecule is CP1CNc2ccccc2S1. The largest absolute Gasteiger partial charge is 0.379 e. The fourth-order valence-corrected chi connectivity index (χ4v) is 4.13. The summed E-state index contributed by atoms with van der Waals surface area (Å²) in [4.78, 5) is 1.41. The molecule has 0 saturated carbocycles. The molecule has 1 unspecified atom stereocenters. The molecule has 58 valence electrons. The van der Waals surface area contributed by atoms with Crippen LogP contribution in [0, 0.1) is 0 Å². The van der Waals surface area contributed by atoms with Crippen molar-refractivity contribution in [1.29, 1.82) is 0 Å². The molecule has 0 aliphatic carbocycles. The van der Waals surface area contributed by atoms with Crippen LogP contribution in [0.15, 0.2) is 29.2 Å². The van der Waals surface area contributed by atoms with E-state index in [2.05, 4.69) is 36.2 Å². The van der Waals surface area contributed by atoms with E-state index in [1.165, 1.54) is 10.6 Å². The summed E-state index contributed by atoms with van der Waals surface area (Å²) in [6.07, 6.45) is 1.15. The maximum atomic E-state index is 3.42. The molecule has 1 aromatic rings. The van der Waals surface area contributed by atoms with Crippen molar-refractivity contribution in [2.45, 2.75) is 4.90 Å². The van der Waals surface area contributed by atoms with Crippen molar-refractivity contribution < 1.29 is 0 Å². The zero-order chi connectivity index (χ0) is 7.68. The van der Waals surface area contributed by atoms with Crippen LogP contribution in [-0.2, 0) is 0 Å². The van der Waals surface area contributed by atoms with E-state index in [1.807, 2.05) is 11.4 Å². The molecular weight excluding hydrogens is 173 g/mol.